The summed E-state index contributed by atoms with van der Waals surface area (Å²) in [7, 11) is 0. The van der Waals surface area contributed by atoms with Crippen molar-refractivity contribution < 1.29 is 43.2 Å². The molecule has 3 atom stereocenters. The van der Waals surface area contributed by atoms with Gasteiger partial charge in [0.1, 0.15) is 52.0 Å². The minimum atomic E-state index is -0.358. The quantitative estimate of drug-likeness (QED) is 0.0922. The molecule has 0 spiro atoms. The number of carbonyl (C=O) groups excluding carboxylic acids is 9. The molecule has 0 aliphatic heterocycles. The van der Waals surface area contributed by atoms with E-state index in [1.54, 1.807) is 27.7 Å². The van der Waals surface area contributed by atoms with Crippen molar-refractivity contribution in [3.63, 3.8) is 0 Å². The third-order valence-electron chi connectivity index (χ3n) is 9.96. The van der Waals surface area contributed by atoms with E-state index in [9.17, 15) is 43.2 Å². The van der Waals surface area contributed by atoms with Crippen molar-refractivity contribution >= 4 is 52.0 Å². The Kier molecular flexibility index (Phi) is 39.3. The molecule has 1 saturated carbocycles. The van der Waals surface area contributed by atoms with Crippen LogP contribution in [-0.2, 0) is 56.0 Å². The van der Waals surface area contributed by atoms with Crippen LogP contribution in [0.25, 0.3) is 0 Å². The highest BCUT2D eigenvalue weighted by Gasteiger charge is 2.40. The molecule has 10 heteroatoms. The van der Waals surface area contributed by atoms with Gasteiger partial charge in [-0.15, -0.1) is 0 Å². The molecule has 0 bridgehead atoms. The molecule has 0 saturated heterocycles. The Hall–Kier alpha value is -3.79. The van der Waals surface area contributed by atoms with E-state index in [4.69, 9.17) is 5.73 Å². The standard InChI is InChI=1S/C17H22O3.C13H25NO2.C9H14O2.C7H14O.C5H10O.C2H6/c1-13(18)4-3-5-17(20)11-10-15-6-8-16(9-7-15)12-14(2)19;1-10(15)9-11(7-5-6-8-14)12(16)13(2,3)4;1-5(2)8-7(10)4-6(3)9(8)11;1-4-7(8)5-6(2)3;1-4(2)5(3)6;1-2/h6-9H,3-5,10-12H2,1-2H3;11H,5-9,14H2,1-4H3;5-6,8H,4H2,1-3H3;6H,4-5H2,1-3H3;4H,1-3H3;1-2H3. The summed E-state index contributed by atoms with van der Waals surface area (Å²) < 4.78 is 0. The summed E-state index contributed by atoms with van der Waals surface area (Å²) in [5.41, 5.74) is 7.18. The van der Waals surface area contributed by atoms with Crippen LogP contribution in [0.1, 0.15) is 199 Å². The summed E-state index contributed by atoms with van der Waals surface area (Å²) in [5.74, 6) is 2.17. The normalized spacial score (nSPS) is 14.6. The molecule has 362 valence electrons. The fraction of sp³-hybridized carbons (Fsp3) is 0.717. The maximum atomic E-state index is 12.1. The fourth-order valence-corrected chi connectivity index (χ4v) is 6.17. The largest absolute Gasteiger partial charge is 0.330 e. The van der Waals surface area contributed by atoms with Crippen LogP contribution >= 0.6 is 0 Å². The van der Waals surface area contributed by atoms with E-state index in [1.165, 1.54) is 0 Å². The third kappa shape index (κ3) is 37.3. The number of hydrogen-bond donors (Lipinski definition) is 1. The van der Waals surface area contributed by atoms with Gasteiger partial charge in [-0.25, -0.2) is 0 Å². The van der Waals surface area contributed by atoms with E-state index < -0.39 is 0 Å². The number of hydrogen-bond acceptors (Lipinski definition) is 10. The van der Waals surface area contributed by atoms with Crippen molar-refractivity contribution in [3.8, 4) is 0 Å². The molecule has 1 aliphatic rings. The van der Waals surface area contributed by atoms with Gasteiger partial charge < -0.3 is 15.3 Å². The van der Waals surface area contributed by atoms with Crippen LogP contribution in [-0.4, -0.2) is 58.6 Å². The Bertz CT molecular complexity index is 1510. The number of nitrogens with two attached hydrogens (primary N) is 1. The molecule has 0 heterocycles. The summed E-state index contributed by atoms with van der Waals surface area (Å²) in [5, 5.41) is 0. The molecule has 1 aliphatic carbocycles. The van der Waals surface area contributed by atoms with Gasteiger partial charge in [-0.2, -0.15) is 0 Å². The van der Waals surface area contributed by atoms with Crippen molar-refractivity contribution in [2.45, 2.75) is 201 Å². The minimum absolute atomic E-state index is 0.0325. The second-order valence-corrected chi connectivity index (χ2v) is 18.7. The predicted molar refractivity (Wildman–Crippen MR) is 259 cm³/mol. The van der Waals surface area contributed by atoms with Gasteiger partial charge in [-0.05, 0) is 82.9 Å². The number of benzene rings is 1. The number of ketones is 9. The number of aryl methyl sites for hydroxylation is 1. The Balaban J connectivity index is -0.000000362. The molecule has 63 heavy (non-hydrogen) atoms. The zero-order chi connectivity index (χ0) is 50.0. The van der Waals surface area contributed by atoms with Gasteiger partial charge in [0.25, 0.3) is 0 Å². The Morgan fingerprint density at radius 3 is 1.52 bits per heavy atom. The lowest BCUT2D eigenvalue weighted by atomic mass is 9.79. The fourth-order valence-electron chi connectivity index (χ4n) is 6.17. The van der Waals surface area contributed by atoms with E-state index in [1.807, 2.05) is 100 Å². The van der Waals surface area contributed by atoms with Crippen molar-refractivity contribution in [2.24, 2.45) is 46.7 Å². The van der Waals surface area contributed by atoms with Gasteiger partial charge in [0.05, 0.1) is 5.92 Å². The van der Waals surface area contributed by atoms with Crippen molar-refractivity contribution in [1.82, 2.24) is 0 Å². The summed E-state index contributed by atoms with van der Waals surface area (Å²) in [6.45, 7) is 32.2. The van der Waals surface area contributed by atoms with Gasteiger partial charge in [-0.1, -0.05) is 121 Å². The summed E-state index contributed by atoms with van der Waals surface area (Å²) >= 11 is 0. The molecule has 0 aromatic heterocycles. The lowest BCUT2D eigenvalue weighted by molar-refractivity contribution is -0.133. The van der Waals surface area contributed by atoms with E-state index in [0.717, 1.165) is 43.2 Å². The average molecular weight is 886 g/mol. The zero-order valence-corrected chi connectivity index (χ0v) is 42.9. The van der Waals surface area contributed by atoms with Crippen LogP contribution in [0.4, 0.5) is 0 Å². The highest BCUT2D eigenvalue weighted by atomic mass is 16.2. The Morgan fingerprint density at radius 2 is 1.21 bits per heavy atom. The Morgan fingerprint density at radius 1 is 0.698 bits per heavy atom. The van der Waals surface area contributed by atoms with Gasteiger partial charge in [-0.3, -0.25) is 33.6 Å². The van der Waals surface area contributed by atoms with Gasteiger partial charge in [0, 0.05) is 74.5 Å². The second kappa shape index (κ2) is 37.6. The monoisotopic (exact) mass is 886 g/mol. The lowest BCUT2D eigenvalue weighted by Gasteiger charge is -2.24. The highest BCUT2D eigenvalue weighted by Crippen LogP contribution is 2.29. The Labute approximate surface area is 383 Å². The molecule has 1 aromatic rings. The van der Waals surface area contributed by atoms with E-state index in [-0.39, 0.29) is 81.3 Å². The zero-order valence-electron chi connectivity index (χ0n) is 42.9. The first kappa shape index (κ1) is 65.8. The van der Waals surface area contributed by atoms with Gasteiger partial charge in [0.15, 0.2) is 0 Å². The molecule has 3 unspecified atom stereocenters. The molecule has 0 amide bonds. The van der Waals surface area contributed by atoms with Gasteiger partial charge >= 0.3 is 0 Å². The molecule has 0 radical (unpaired) electrons. The van der Waals surface area contributed by atoms with Crippen LogP contribution in [0.3, 0.4) is 0 Å². The molecule has 1 fully saturated rings. The first-order valence-electron chi connectivity index (χ1n) is 23.5. The topological polar surface area (TPSA) is 180 Å². The van der Waals surface area contributed by atoms with Crippen molar-refractivity contribution in [2.75, 3.05) is 6.54 Å². The van der Waals surface area contributed by atoms with Gasteiger partial charge in [0.2, 0.25) is 0 Å². The first-order valence-corrected chi connectivity index (χ1v) is 23.5. The number of Topliss-reactive ketones (excluding diaryl/α,β-unsaturated/α-hetero) is 9. The number of rotatable bonds is 21. The molecule has 2 N–H and O–H groups in total. The lowest BCUT2D eigenvalue weighted by Crippen LogP contribution is -2.29. The maximum absolute atomic E-state index is 12.1. The average Bonchev–Trinajstić information content (AvgIpc) is 3.44. The van der Waals surface area contributed by atoms with Crippen LogP contribution in [0.15, 0.2) is 24.3 Å². The predicted octanol–water partition coefficient (Wildman–Crippen LogP) is 11.1. The van der Waals surface area contributed by atoms with E-state index in [0.29, 0.717) is 69.6 Å². The smallest absolute Gasteiger partial charge is 0.146 e. The first-order chi connectivity index (χ1) is 29.1. The van der Waals surface area contributed by atoms with E-state index >= 15 is 0 Å². The minimum Gasteiger partial charge on any atom is -0.330 e. The maximum Gasteiger partial charge on any atom is 0.146 e. The second-order valence-electron chi connectivity index (χ2n) is 18.7. The molecule has 10 nitrogen and oxygen atoms in total. The van der Waals surface area contributed by atoms with E-state index in [2.05, 4.69) is 13.8 Å². The molecular formula is C53H91NO9. The van der Waals surface area contributed by atoms with Crippen molar-refractivity contribution in [1.29, 1.82) is 0 Å². The van der Waals surface area contributed by atoms with Crippen LogP contribution in [0, 0.1) is 40.9 Å². The van der Waals surface area contributed by atoms with Crippen LogP contribution in [0.5, 0.6) is 0 Å². The molecular weight excluding hydrogens is 795 g/mol. The summed E-state index contributed by atoms with van der Waals surface area (Å²) in [6, 6.07) is 7.83. The summed E-state index contributed by atoms with van der Waals surface area (Å²) in [4.78, 5) is 100.0. The summed E-state index contributed by atoms with van der Waals surface area (Å²) in [6.07, 6.45) is 8.25. The third-order valence-corrected chi connectivity index (χ3v) is 9.96. The highest BCUT2D eigenvalue weighted by molar-refractivity contribution is 6.10. The van der Waals surface area contributed by atoms with Crippen LogP contribution in [0.2, 0.25) is 0 Å². The van der Waals surface area contributed by atoms with Crippen LogP contribution < -0.4 is 5.73 Å². The number of carbonyl (C=O) groups is 9. The molecule has 1 aromatic carbocycles. The molecule has 2 rings (SSSR count). The number of unbranched alkanes of at least 4 members (excludes halogenated alkanes) is 1. The van der Waals surface area contributed by atoms with Crippen molar-refractivity contribution in [3.05, 3.63) is 35.4 Å². The SMILES string of the molecule is CC.CC(=O)C(C)C.CC(=O)CC(CCCCN)C(=O)C(C)(C)C.CC(=O)CCCC(=O)CCc1ccc(CC(C)=O)cc1.CC1CC(=O)C(C(C)C)C1=O.CCC(=O)CC(C)C.